The Hall–Kier alpha value is -1.78. The predicted molar refractivity (Wildman–Crippen MR) is 156 cm³/mol. The van der Waals surface area contributed by atoms with Gasteiger partial charge in [0.15, 0.2) is 5.78 Å². The van der Waals surface area contributed by atoms with Crippen molar-refractivity contribution in [2.45, 2.75) is 124 Å². The number of allylic oxidation sites excluding steroid dienone is 5. The van der Waals surface area contributed by atoms with Gasteiger partial charge in [0.25, 0.3) is 0 Å². The smallest absolute Gasteiger partial charge is 0.168 e. The summed E-state index contributed by atoms with van der Waals surface area (Å²) >= 11 is 0. The first-order chi connectivity index (χ1) is 17.9. The van der Waals surface area contributed by atoms with Crippen molar-refractivity contribution in [3.63, 3.8) is 0 Å². The molecular weight excluding hydrogens is 472 g/mol. The topological polar surface area (TPSA) is 74.6 Å². The molecule has 4 heteroatoms. The largest absolute Gasteiger partial charge is 0.388 e. The van der Waals surface area contributed by atoms with Crippen LogP contribution < -0.4 is 0 Å². The summed E-state index contributed by atoms with van der Waals surface area (Å²) in [5.41, 5.74) is 2.35. The van der Waals surface area contributed by atoms with Gasteiger partial charge < -0.3 is 10.2 Å². The molecule has 0 aromatic heterocycles. The van der Waals surface area contributed by atoms with Gasteiger partial charge in [0.2, 0.25) is 0 Å². The Labute approximate surface area is 231 Å². The van der Waals surface area contributed by atoms with Crippen LogP contribution in [0.15, 0.2) is 47.6 Å². The van der Waals surface area contributed by atoms with Crippen LogP contribution in [0, 0.1) is 28.6 Å². The molecule has 0 aliphatic heterocycles. The van der Waals surface area contributed by atoms with Crippen molar-refractivity contribution in [2.75, 3.05) is 0 Å². The van der Waals surface area contributed by atoms with Gasteiger partial charge in [-0.2, -0.15) is 0 Å². The number of carbonyl (C=O) groups excluding carboxylic acids is 2. The van der Waals surface area contributed by atoms with Gasteiger partial charge in [0, 0.05) is 6.42 Å². The van der Waals surface area contributed by atoms with Gasteiger partial charge in [-0.1, -0.05) is 76.0 Å². The highest BCUT2D eigenvalue weighted by Crippen LogP contribution is 2.59. The highest BCUT2D eigenvalue weighted by molar-refractivity contribution is 6.10. The summed E-state index contributed by atoms with van der Waals surface area (Å²) in [5, 5.41) is 20.4. The number of Topliss-reactive ketones (excluding diaryl/α,β-unsaturated/α-hetero) is 1. The number of carbonyl (C=O) groups is 2. The fourth-order valence-electron chi connectivity index (χ4n) is 7.31. The van der Waals surface area contributed by atoms with Crippen LogP contribution in [0.2, 0.25) is 0 Å². The van der Waals surface area contributed by atoms with E-state index in [4.69, 9.17) is 0 Å². The summed E-state index contributed by atoms with van der Waals surface area (Å²) in [6.07, 6.45) is 18.4. The molecule has 3 aliphatic carbocycles. The average Bonchev–Trinajstić information content (AvgIpc) is 3.24. The maximum Gasteiger partial charge on any atom is 0.168 e. The maximum absolute atomic E-state index is 13.1. The Bertz CT molecular complexity index is 951. The summed E-state index contributed by atoms with van der Waals surface area (Å²) in [7, 11) is 0. The molecule has 3 rings (SSSR count). The van der Waals surface area contributed by atoms with Crippen LogP contribution in [0.5, 0.6) is 0 Å². The van der Waals surface area contributed by atoms with Gasteiger partial charge in [-0.05, 0) is 100 Å². The third kappa shape index (κ3) is 6.86. The highest BCUT2D eigenvalue weighted by atomic mass is 16.3. The second-order valence-corrected chi connectivity index (χ2v) is 13.1. The first kappa shape index (κ1) is 30.8. The number of hydrogen-bond acceptors (Lipinski definition) is 4. The normalized spacial score (nSPS) is 33.2. The number of aliphatic hydroxyl groups is 2. The van der Waals surface area contributed by atoms with Crippen molar-refractivity contribution in [3.8, 4) is 0 Å². The van der Waals surface area contributed by atoms with Crippen molar-refractivity contribution in [2.24, 2.45) is 28.6 Å². The molecule has 3 aliphatic rings. The maximum atomic E-state index is 13.1. The predicted octanol–water partition coefficient (Wildman–Crippen LogP) is 7.45. The van der Waals surface area contributed by atoms with E-state index in [1.54, 1.807) is 19.9 Å². The van der Waals surface area contributed by atoms with Crippen LogP contribution in [0.3, 0.4) is 0 Å². The van der Waals surface area contributed by atoms with E-state index < -0.39 is 17.6 Å². The van der Waals surface area contributed by atoms with E-state index in [0.717, 1.165) is 56.9 Å². The molecule has 4 nitrogen and oxygen atoms in total. The molecule has 6 atom stereocenters. The lowest BCUT2D eigenvalue weighted by atomic mass is 9.61. The van der Waals surface area contributed by atoms with Crippen molar-refractivity contribution in [3.05, 3.63) is 47.6 Å². The lowest BCUT2D eigenvalue weighted by Crippen LogP contribution is -2.36. The molecule has 0 aromatic rings. The van der Waals surface area contributed by atoms with Crippen molar-refractivity contribution in [1.29, 1.82) is 0 Å². The molecule has 0 amide bonds. The van der Waals surface area contributed by atoms with E-state index >= 15 is 0 Å². The molecule has 0 radical (unpaired) electrons. The molecule has 0 bridgehead atoms. The first-order valence-corrected chi connectivity index (χ1v) is 15.1. The summed E-state index contributed by atoms with van der Waals surface area (Å²) in [6, 6.07) is 0. The number of unbranched alkanes of at least 4 members (excludes halogenated alkanes) is 3. The van der Waals surface area contributed by atoms with E-state index in [-0.39, 0.29) is 22.9 Å². The fraction of sp³-hybridized carbons (Fsp3) is 0.706. The molecule has 38 heavy (non-hydrogen) atoms. The van der Waals surface area contributed by atoms with Crippen LogP contribution in [-0.4, -0.2) is 34.0 Å². The molecular formula is C34H52O4. The van der Waals surface area contributed by atoms with Crippen LogP contribution >= 0.6 is 0 Å². The minimum atomic E-state index is -0.953. The van der Waals surface area contributed by atoms with Crippen LogP contribution in [0.1, 0.15) is 112 Å². The highest BCUT2D eigenvalue weighted by Gasteiger charge is 2.50. The van der Waals surface area contributed by atoms with Gasteiger partial charge in [0.1, 0.15) is 5.78 Å². The number of ketones is 2. The third-order valence-corrected chi connectivity index (χ3v) is 10.1. The second-order valence-electron chi connectivity index (χ2n) is 13.1. The lowest BCUT2D eigenvalue weighted by molar-refractivity contribution is -0.136. The summed E-state index contributed by atoms with van der Waals surface area (Å²) in [6.45, 7) is 14.2. The summed E-state index contributed by atoms with van der Waals surface area (Å²) in [5.74, 6) is 1.29. The molecule has 3 saturated carbocycles. The van der Waals surface area contributed by atoms with E-state index in [1.165, 1.54) is 12.0 Å². The minimum absolute atomic E-state index is 0.0577. The zero-order valence-electron chi connectivity index (χ0n) is 24.6. The van der Waals surface area contributed by atoms with Crippen molar-refractivity contribution >= 4 is 11.6 Å². The molecule has 212 valence electrons. The third-order valence-electron chi connectivity index (χ3n) is 10.1. The van der Waals surface area contributed by atoms with Gasteiger partial charge in [-0.3, -0.25) is 9.59 Å². The number of hydrogen-bond donors (Lipinski definition) is 2. The van der Waals surface area contributed by atoms with E-state index in [0.29, 0.717) is 36.7 Å². The number of aliphatic hydroxyl groups excluding tert-OH is 2. The summed E-state index contributed by atoms with van der Waals surface area (Å²) < 4.78 is 0. The zero-order valence-corrected chi connectivity index (χ0v) is 24.6. The SMILES string of the molecule is C=C1C(O)CC(=C/C=C2\CCCC3(C)[C@@H]([C@H](C)/C=C/C(=O)C(C)(C)C(=O)CCCCCC)CC[C@@H]23)C[C@H]1O. The van der Waals surface area contributed by atoms with Gasteiger partial charge in [-0.15, -0.1) is 0 Å². The monoisotopic (exact) mass is 524 g/mol. The van der Waals surface area contributed by atoms with E-state index in [9.17, 15) is 19.8 Å². The molecule has 2 unspecified atom stereocenters. The molecule has 3 fully saturated rings. The fourth-order valence-corrected chi connectivity index (χ4v) is 7.31. The zero-order chi connectivity index (χ0) is 28.1. The molecule has 0 heterocycles. The van der Waals surface area contributed by atoms with E-state index in [2.05, 4.69) is 45.6 Å². The molecule has 2 N–H and O–H groups in total. The standard InChI is InChI=1S/C34H52O4/c1-7-8-9-10-13-31(37)33(4,5)32(38)19-14-23(2)27-17-18-28-26(12-11-20-34(27,28)6)16-15-25-21-29(35)24(3)30(36)22-25/h14-16,19,23,27-30,35-36H,3,7-13,17-18,20-22H2,1-2,4-6H3/b19-14+,25-15?,26-16+/t23-,27-,28+,29-,30?,34?/m1/s1. The van der Waals surface area contributed by atoms with Gasteiger partial charge in [0.05, 0.1) is 17.6 Å². The molecule has 0 spiro atoms. The van der Waals surface area contributed by atoms with E-state index in [1.807, 2.05) is 0 Å². The van der Waals surface area contributed by atoms with Gasteiger partial charge in [-0.25, -0.2) is 0 Å². The van der Waals surface area contributed by atoms with Crippen LogP contribution in [-0.2, 0) is 9.59 Å². The van der Waals surface area contributed by atoms with Gasteiger partial charge >= 0.3 is 0 Å². The summed E-state index contributed by atoms with van der Waals surface area (Å²) in [4.78, 5) is 25.8. The number of fused-ring (bicyclic) bond motifs is 1. The molecule has 0 aromatic carbocycles. The van der Waals surface area contributed by atoms with Crippen molar-refractivity contribution < 1.29 is 19.8 Å². The van der Waals surface area contributed by atoms with Crippen LogP contribution in [0.4, 0.5) is 0 Å². The lowest BCUT2D eigenvalue weighted by Gasteiger charge is -2.44. The Balaban J connectivity index is 1.65. The minimum Gasteiger partial charge on any atom is -0.388 e. The Kier molecular flexibility index (Phi) is 10.6. The van der Waals surface area contributed by atoms with Crippen LogP contribution in [0.25, 0.3) is 0 Å². The van der Waals surface area contributed by atoms with Crippen molar-refractivity contribution in [1.82, 2.24) is 0 Å². The molecule has 0 saturated heterocycles. The second kappa shape index (κ2) is 13.0. The quantitative estimate of drug-likeness (QED) is 0.127. The first-order valence-electron chi connectivity index (χ1n) is 15.1. The Morgan fingerprint density at radius 3 is 2.45 bits per heavy atom. The average molecular weight is 525 g/mol. The number of rotatable bonds is 11. The Morgan fingerprint density at radius 1 is 1.11 bits per heavy atom. The Morgan fingerprint density at radius 2 is 1.79 bits per heavy atom.